The van der Waals surface area contributed by atoms with Gasteiger partial charge in [0.1, 0.15) is 18.2 Å². The summed E-state index contributed by atoms with van der Waals surface area (Å²) in [5.41, 5.74) is 0.661. The molecule has 0 radical (unpaired) electrons. The van der Waals surface area contributed by atoms with Gasteiger partial charge in [0.2, 0.25) is 5.88 Å². The van der Waals surface area contributed by atoms with Gasteiger partial charge in [0, 0.05) is 6.20 Å². The lowest BCUT2D eigenvalue weighted by Gasteiger charge is -2.37. The second kappa shape index (κ2) is 7.25. The highest BCUT2D eigenvalue weighted by Gasteiger charge is 2.65. The van der Waals surface area contributed by atoms with Crippen LogP contribution in [0.5, 0.6) is 5.88 Å². The standard InChI is InChI=1S/C25H26F2N4O2/c1-23(2,32)13-33-20-12-28-11-19(29-20)25-9-8-15(24(25,3)4)14-10-18(30-31-22(14)25)21-16(26)6-5-7-17(21)27/h5-7,10-12,15,32H,8-9,13H2,1-4H3/t15-,25-/m0/s1. The van der Waals surface area contributed by atoms with E-state index in [-0.39, 0.29) is 29.2 Å². The minimum Gasteiger partial charge on any atom is -0.474 e. The first kappa shape index (κ1) is 21.8. The van der Waals surface area contributed by atoms with Crippen molar-refractivity contribution in [1.29, 1.82) is 0 Å². The van der Waals surface area contributed by atoms with Crippen LogP contribution in [-0.2, 0) is 5.41 Å². The number of fused-ring (bicyclic) bond motifs is 5. The minimum absolute atomic E-state index is 0.0815. The lowest BCUT2D eigenvalue weighted by molar-refractivity contribution is 0.0264. The van der Waals surface area contributed by atoms with E-state index in [1.54, 1.807) is 26.1 Å². The van der Waals surface area contributed by atoms with Crippen LogP contribution in [0.2, 0.25) is 0 Å². The second-order valence-electron chi connectivity index (χ2n) is 10.2. The quantitative estimate of drug-likeness (QED) is 0.611. The molecule has 0 spiro atoms. The van der Waals surface area contributed by atoms with Gasteiger partial charge in [0.15, 0.2) is 0 Å². The maximum Gasteiger partial charge on any atom is 0.232 e. The second-order valence-corrected chi connectivity index (χ2v) is 10.2. The van der Waals surface area contributed by atoms with E-state index in [0.29, 0.717) is 5.88 Å². The third-order valence-electron chi connectivity index (χ3n) is 7.22. The third kappa shape index (κ3) is 3.22. The topological polar surface area (TPSA) is 81.0 Å². The SMILES string of the molecule is CC(C)(O)COc1cncc([C@@]23CC[C@@H](c4cc(-c5c(F)cccc5F)nnc42)C3(C)C)n1. The highest BCUT2D eigenvalue weighted by Crippen LogP contribution is 2.69. The van der Waals surface area contributed by atoms with Crippen molar-refractivity contribution in [3.05, 3.63) is 65.2 Å². The Hall–Kier alpha value is -3.00. The molecule has 2 atom stereocenters. The molecule has 3 aromatic rings. The first-order valence-corrected chi connectivity index (χ1v) is 11.0. The first-order chi connectivity index (χ1) is 15.5. The molecule has 0 aliphatic heterocycles. The first-order valence-electron chi connectivity index (χ1n) is 11.0. The fourth-order valence-electron chi connectivity index (χ4n) is 5.63. The van der Waals surface area contributed by atoms with Gasteiger partial charge >= 0.3 is 0 Å². The predicted molar refractivity (Wildman–Crippen MR) is 118 cm³/mol. The van der Waals surface area contributed by atoms with Gasteiger partial charge in [-0.3, -0.25) is 4.98 Å². The summed E-state index contributed by atoms with van der Waals surface area (Å²) >= 11 is 0. The molecule has 6 nitrogen and oxygen atoms in total. The Morgan fingerprint density at radius 3 is 2.58 bits per heavy atom. The number of aromatic nitrogens is 4. The highest BCUT2D eigenvalue weighted by atomic mass is 19.1. The lowest BCUT2D eigenvalue weighted by Crippen LogP contribution is -2.38. The number of benzene rings is 1. The number of rotatable bonds is 5. The summed E-state index contributed by atoms with van der Waals surface area (Å²) in [6, 6.07) is 5.55. The molecule has 172 valence electrons. The van der Waals surface area contributed by atoms with Crippen molar-refractivity contribution in [2.45, 2.75) is 57.5 Å². The van der Waals surface area contributed by atoms with Gasteiger partial charge in [-0.25, -0.2) is 13.8 Å². The van der Waals surface area contributed by atoms with Crippen molar-refractivity contribution < 1.29 is 18.6 Å². The molecule has 0 amide bonds. The maximum atomic E-state index is 14.4. The van der Waals surface area contributed by atoms with Crippen molar-refractivity contribution in [2.24, 2.45) is 5.41 Å². The normalized spacial score (nSPS) is 22.9. The summed E-state index contributed by atoms with van der Waals surface area (Å²) in [5, 5.41) is 18.8. The molecule has 1 fully saturated rings. The van der Waals surface area contributed by atoms with Gasteiger partial charge in [-0.2, -0.15) is 5.10 Å². The van der Waals surface area contributed by atoms with E-state index < -0.39 is 22.7 Å². The van der Waals surface area contributed by atoms with Crippen LogP contribution in [0, 0.1) is 17.0 Å². The zero-order valence-electron chi connectivity index (χ0n) is 19.1. The Kier molecular flexibility index (Phi) is 4.79. The number of hydrogen-bond acceptors (Lipinski definition) is 6. The molecule has 2 aromatic heterocycles. The highest BCUT2D eigenvalue weighted by molar-refractivity contribution is 5.64. The van der Waals surface area contributed by atoms with Crippen molar-refractivity contribution in [3.8, 4) is 17.1 Å². The number of nitrogens with zero attached hydrogens (tertiary/aromatic N) is 4. The van der Waals surface area contributed by atoms with Crippen molar-refractivity contribution >= 4 is 0 Å². The third-order valence-corrected chi connectivity index (χ3v) is 7.22. The van der Waals surface area contributed by atoms with Crippen LogP contribution in [-0.4, -0.2) is 37.5 Å². The molecule has 33 heavy (non-hydrogen) atoms. The molecule has 2 heterocycles. The molecule has 2 aliphatic carbocycles. The van der Waals surface area contributed by atoms with Gasteiger partial charge in [-0.05, 0) is 61.8 Å². The Labute approximate surface area is 191 Å². The smallest absolute Gasteiger partial charge is 0.232 e. The van der Waals surface area contributed by atoms with Crippen molar-refractivity contribution in [2.75, 3.05) is 6.61 Å². The van der Waals surface area contributed by atoms with Gasteiger partial charge in [-0.15, -0.1) is 5.10 Å². The predicted octanol–water partition coefficient (Wildman–Crippen LogP) is 4.56. The van der Waals surface area contributed by atoms with Crippen LogP contribution < -0.4 is 4.74 Å². The van der Waals surface area contributed by atoms with E-state index in [0.717, 1.165) is 29.8 Å². The molecule has 5 rings (SSSR count). The molecule has 2 aliphatic rings. The van der Waals surface area contributed by atoms with E-state index in [1.165, 1.54) is 24.4 Å². The Bertz CT molecular complexity index is 1220. The molecule has 0 unspecified atom stereocenters. The molecule has 0 saturated heterocycles. The van der Waals surface area contributed by atoms with E-state index in [9.17, 15) is 13.9 Å². The van der Waals surface area contributed by atoms with E-state index in [2.05, 4.69) is 29.0 Å². The summed E-state index contributed by atoms with van der Waals surface area (Å²) in [5.74, 6) is -0.859. The molecule has 2 bridgehead atoms. The number of halogens is 2. The van der Waals surface area contributed by atoms with Gasteiger partial charge in [0.25, 0.3) is 0 Å². The number of ether oxygens (including phenoxy) is 1. The average molecular weight is 453 g/mol. The molecule has 1 aromatic carbocycles. The minimum atomic E-state index is -1.00. The molecular weight excluding hydrogens is 426 g/mol. The summed E-state index contributed by atoms with van der Waals surface area (Å²) in [6.45, 7) is 7.74. The summed E-state index contributed by atoms with van der Waals surface area (Å²) in [7, 11) is 0. The maximum absolute atomic E-state index is 14.4. The van der Waals surface area contributed by atoms with Crippen LogP contribution in [0.1, 0.15) is 63.4 Å². The van der Waals surface area contributed by atoms with E-state index in [4.69, 9.17) is 9.72 Å². The Morgan fingerprint density at radius 2 is 1.88 bits per heavy atom. The van der Waals surface area contributed by atoms with Crippen molar-refractivity contribution in [1.82, 2.24) is 20.2 Å². The van der Waals surface area contributed by atoms with Crippen molar-refractivity contribution in [3.63, 3.8) is 0 Å². The summed E-state index contributed by atoms with van der Waals surface area (Å²) in [4.78, 5) is 9.10. The Morgan fingerprint density at radius 1 is 1.15 bits per heavy atom. The fraction of sp³-hybridized carbons (Fsp3) is 0.440. The average Bonchev–Trinajstić information content (AvgIpc) is 3.13. The summed E-state index contributed by atoms with van der Waals surface area (Å²) < 4.78 is 34.5. The van der Waals surface area contributed by atoms with Gasteiger partial charge in [-0.1, -0.05) is 19.9 Å². The zero-order chi connectivity index (χ0) is 23.6. The van der Waals surface area contributed by atoms with Crippen LogP contribution in [0.3, 0.4) is 0 Å². The molecular formula is C25H26F2N4O2. The van der Waals surface area contributed by atoms with Gasteiger partial charge < -0.3 is 9.84 Å². The van der Waals surface area contributed by atoms with Crippen LogP contribution >= 0.6 is 0 Å². The molecule has 8 heteroatoms. The molecule has 1 saturated carbocycles. The summed E-state index contributed by atoms with van der Waals surface area (Å²) in [6.07, 6.45) is 4.95. The lowest BCUT2D eigenvalue weighted by atomic mass is 9.66. The molecule has 1 N–H and O–H groups in total. The van der Waals surface area contributed by atoms with E-state index in [1.807, 2.05) is 0 Å². The fourth-order valence-corrected chi connectivity index (χ4v) is 5.63. The largest absolute Gasteiger partial charge is 0.474 e. The zero-order valence-corrected chi connectivity index (χ0v) is 19.1. The number of hydrogen-bond donors (Lipinski definition) is 1. The van der Waals surface area contributed by atoms with Gasteiger partial charge in [0.05, 0.1) is 39.9 Å². The van der Waals surface area contributed by atoms with Crippen LogP contribution in [0.4, 0.5) is 8.78 Å². The number of aliphatic hydroxyl groups is 1. The van der Waals surface area contributed by atoms with Crippen LogP contribution in [0.25, 0.3) is 11.3 Å². The monoisotopic (exact) mass is 452 g/mol. The van der Waals surface area contributed by atoms with E-state index >= 15 is 0 Å². The Balaban J connectivity index is 1.61. The van der Waals surface area contributed by atoms with Crippen LogP contribution in [0.15, 0.2) is 36.7 Å².